The number of nitriles is 1. The Kier molecular flexibility index (Phi) is 3.98. The maximum atomic E-state index is 12.5. The minimum absolute atomic E-state index is 0.0371. The van der Waals surface area contributed by atoms with E-state index in [2.05, 4.69) is 4.98 Å². The third-order valence-corrected chi connectivity index (χ3v) is 2.57. The van der Waals surface area contributed by atoms with Crippen molar-refractivity contribution in [3.05, 3.63) is 47.7 Å². The van der Waals surface area contributed by atoms with Gasteiger partial charge in [-0.15, -0.1) is 0 Å². The Hall–Kier alpha value is -2.75. The van der Waals surface area contributed by atoms with Crippen LogP contribution in [0.5, 0.6) is 11.6 Å². The fourth-order valence-corrected chi connectivity index (χ4v) is 1.68. The smallest absolute Gasteiger partial charge is 0.393 e. The van der Waals surface area contributed by atoms with Crippen LogP contribution in [0.2, 0.25) is 0 Å². The first-order chi connectivity index (χ1) is 9.87. The molecule has 0 atom stereocenters. The lowest BCUT2D eigenvalue weighted by Gasteiger charge is -2.10. The molecular weight excluding hydrogens is 283 g/mol. The van der Waals surface area contributed by atoms with E-state index < -0.39 is 12.6 Å². The van der Waals surface area contributed by atoms with E-state index in [4.69, 9.17) is 15.7 Å². The van der Waals surface area contributed by atoms with Crippen molar-refractivity contribution in [1.82, 2.24) is 4.98 Å². The second-order valence-electron chi connectivity index (χ2n) is 4.25. The first-order valence-corrected chi connectivity index (χ1v) is 5.86. The van der Waals surface area contributed by atoms with Gasteiger partial charge in [-0.3, -0.25) is 0 Å². The number of ether oxygens (including phenoxy) is 1. The first kappa shape index (κ1) is 14.7. The summed E-state index contributed by atoms with van der Waals surface area (Å²) in [6.07, 6.45) is -4.22. The maximum absolute atomic E-state index is 12.5. The number of nitrogens with zero attached hydrogens (tertiary/aromatic N) is 2. The third-order valence-electron chi connectivity index (χ3n) is 2.57. The number of hydrogen-bond donors (Lipinski definition) is 1. The van der Waals surface area contributed by atoms with Crippen molar-refractivity contribution in [2.45, 2.75) is 12.6 Å². The Bertz CT molecular complexity index is 675. The van der Waals surface area contributed by atoms with Crippen LogP contribution in [-0.2, 0) is 6.42 Å². The number of benzene rings is 1. The van der Waals surface area contributed by atoms with E-state index in [9.17, 15) is 13.2 Å². The molecule has 108 valence electrons. The first-order valence-electron chi connectivity index (χ1n) is 5.86. The molecule has 0 aliphatic heterocycles. The van der Waals surface area contributed by atoms with Gasteiger partial charge in [0.15, 0.2) is 0 Å². The normalized spacial score (nSPS) is 11.0. The summed E-state index contributed by atoms with van der Waals surface area (Å²) in [6, 6.07) is 8.67. The highest BCUT2D eigenvalue weighted by Gasteiger charge is 2.29. The van der Waals surface area contributed by atoms with Gasteiger partial charge in [0.1, 0.15) is 5.75 Å². The molecule has 0 saturated carbocycles. The van der Waals surface area contributed by atoms with Gasteiger partial charge in [0.25, 0.3) is 0 Å². The summed E-state index contributed by atoms with van der Waals surface area (Å²) in [5.74, 6) is 0.373. The summed E-state index contributed by atoms with van der Waals surface area (Å²) in [4.78, 5) is 3.89. The maximum Gasteiger partial charge on any atom is 0.393 e. The standard InChI is InChI=1S/C14H10F3N3O/c15-14(16,17)6-10-5-12(3-1-9(10)7-18)21-13-4-2-11(19)8-20-13/h1-5,8H,6,19H2. The topological polar surface area (TPSA) is 71.9 Å². The van der Waals surface area contributed by atoms with Crippen molar-refractivity contribution in [1.29, 1.82) is 5.26 Å². The third kappa shape index (κ3) is 4.11. The van der Waals surface area contributed by atoms with Crippen LogP contribution in [0.1, 0.15) is 11.1 Å². The van der Waals surface area contributed by atoms with Gasteiger partial charge >= 0.3 is 6.18 Å². The number of pyridine rings is 1. The lowest BCUT2D eigenvalue weighted by atomic mass is 10.0. The minimum atomic E-state index is -4.40. The van der Waals surface area contributed by atoms with Crippen molar-refractivity contribution < 1.29 is 17.9 Å². The van der Waals surface area contributed by atoms with E-state index >= 15 is 0 Å². The van der Waals surface area contributed by atoms with Crippen molar-refractivity contribution in [3.8, 4) is 17.7 Å². The van der Waals surface area contributed by atoms with Crippen molar-refractivity contribution in [2.24, 2.45) is 0 Å². The van der Waals surface area contributed by atoms with Gasteiger partial charge in [0.2, 0.25) is 5.88 Å². The molecule has 0 radical (unpaired) electrons. The van der Waals surface area contributed by atoms with Crippen LogP contribution in [0.25, 0.3) is 0 Å². The van der Waals surface area contributed by atoms with Crippen LogP contribution in [-0.4, -0.2) is 11.2 Å². The molecule has 0 amide bonds. The van der Waals surface area contributed by atoms with Crippen molar-refractivity contribution in [2.75, 3.05) is 5.73 Å². The zero-order chi connectivity index (χ0) is 15.5. The molecule has 0 aliphatic rings. The van der Waals surface area contributed by atoms with Crippen LogP contribution in [0.15, 0.2) is 36.5 Å². The highest BCUT2D eigenvalue weighted by atomic mass is 19.4. The second-order valence-corrected chi connectivity index (χ2v) is 4.25. The number of alkyl halides is 3. The molecule has 0 aliphatic carbocycles. The molecule has 2 N–H and O–H groups in total. The van der Waals surface area contributed by atoms with Crippen LogP contribution >= 0.6 is 0 Å². The van der Waals surface area contributed by atoms with Crippen molar-refractivity contribution >= 4 is 5.69 Å². The number of aromatic nitrogens is 1. The molecule has 1 heterocycles. The molecule has 0 unspecified atom stereocenters. The SMILES string of the molecule is N#Cc1ccc(Oc2ccc(N)cn2)cc1CC(F)(F)F. The summed E-state index contributed by atoms with van der Waals surface area (Å²) in [6.45, 7) is 0. The number of hydrogen-bond acceptors (Lipinski definition) is 4. The number of nitrogens with two attached hydrogens (primary N) is 1. The van der Waals surface area contributed by atoms with Gasteiger partial charge in [0.05, 0.1) is 29.9 Å². The van der Waals surface area contributed by atoms with E-state index in [1.807, 2.05) is 0 Å². The molecule has 1 aromatic heterocycles. The molecule has 1 aromatic carbocycles. The number of anilines is 1. The quantitative estimate of drug-likeness (QED) is 0.941. The van der Waals surface area contributed by atoms with Crippen LogP contribution in [0.3, 0.4) is 0 Å². The molecule has 21 heavy (non-hydrogen) atoms. The Labute approximate surface area is 118 Å². The lowest BCUT2D eigenvalue weighted by molar-refractivity contribution is -0.127. The number of nitrogen functional groups attached to an aromatic ring is 1. The summed E-state index contributed by atoms with van der Waals surface area (Å²) >= 11 is 0. The summed E-state index contributed by atoms with van der Waals surface area (Å²) in [5, 5.41) is 8.84. The van der Waals surface area contributed by atoms with Gasteiger partial charge in [-0.2, -0.15) is 18.4 Å². The highest BCUT2D eigenvalue weighted by Crippen LogP contribution is 2.28. The van der Waals surface area contributed by atoms with Crippen LogP contribution < -0.4 is 10.5 Å². The van der Waals surface area contributed by atoms with Crippen LogP contribution in [0, 0.1) is 11.3 Å². The van der Waals surface area contributed by atoms with E-state index in [0.717, 1.165) is 0 Å². The van der Waals surface area contributed by atoms with Crippen LogP contribution in [0.4, 0.5) is 18.9 Å². The highest BCUT2D eigenvalue weighted by molar-refractivity contribution is 5.44. The van der Waals surface area contributed by atoms with Gasteiger partial charge in [0, 0.05) is 6.07 Å². The van der Waals surface area contributed by atoms with E-state index in [-0.39, 0.29) is 22.8 Å². The van der Waals surface area contributed by atoms with E-state index in [1.54, 1.807) is 12.1 Å². The Morgan fingerprint density at radius 2 is 2.00 bits per heavy atom. The average molecular weight is 293 g/mol. The molecule has 7 heteroatoms. The predicted octanol–water partition coefficient (Wildman–Crippen LogP) is 3.43. The fraction of sp³-hybridized carbons (Fsp3) is 0.143. The van der Waals surface area contributed by atoms with Gasteiger partial charge in [-0.25, -0.2) is 4.98 Å². The summed E-state index contributed by atoms with van der Waals surface area (Å²) in [5.41, 5.74) is 5.74. The Morgan fingerprint density at radius 1 is 1.24 bits per heavy atom. The molecule has 0 saturated heterocycles. The largest absolute Gasteiger partial charge is 0.439 e. The van der Waals surface area contributed by atoms with E-state index in [1.165, 1.54) is 30.5 Å². The second kappa shape index (κ2) is 5.71. The average Bonchev–Trinajstić information content (AvgIpc) is 2.40. The van der Waals surface area contributed by atoms with Gasteiger partial charge < -0.3 is 10.5 Å². The molecular formula is C14H10F3N3O. The van der Waals surface area contributed by atoms with Gasteiger partial charge in [-0.05, 0) is 29.8 Å². The molecule has 4 nitrogen and oxygen atoms in total. The lowest BCUT2D eigenvalue weighted by Crippen LogP contribution is -2.12. The Balaban J connectivity index is 2.27. The van der Waals surface area contributed by atoms with E-state index in [0.29, 0.717) is 5.69 Å². The molecule has 2 aromatic rings. The fourth-order valence-electron chi connectivity index (χ4n) is 1.68. The minimum Gasteiger partial charge on any atom is -0.439 e. The number of rotatable bonds is 3. The molecule has 0 fully saturated rings. The molecule has 2 rings (SSSR count). The monoisotopic (exact) mass is 293 g/mol. The zero-order valence-electron chi connectivity index (χ0n) is 10.7. The van der Waals surface area contributed by atoms with Gasteiger partial charge in [-0.1, -0.05) is 0 Å². The predicted molar refractivity (Wildman–Crippen MR) is 69.6 cm³/mol. The van der Waals surface area contributed by atoms with Crippen molar-refractivity contribution in [3.63, 3.8) is 0 Å². The molecule has 0 bridgehead atoms. The molecule has 0 spiro atoms. The number of halogens is 3. The zero-order valence-corrected chi connectivity index (χ0v) is 10.7. The summed E-state index contributed by atoms with van der Waals surface area (Å²) in [7, 11) is 0. The Morgan fingerprint density at radius 3 is 2.57 bits per heavy atom. The summed E-state index contributed by atoms with van der Waals surface area (Å²) < 4.78 is 42.8.